The van der Waals surface area contributed by atoms with Crippen molar-refractivity contribution in [3.8, 4) is 5.75 Å². The molecule has 2 saturated carbocycles. The summed E-state index contributed by atoms with van der Waals surface area (Å²) in [5, 5.41) is 15.5. The summed E-state index contributed by atoms with van der Waals surface area (Å²) in [6.07, 6.45) is 6.40. The molecule has 0 unspecified atom stereocenters. The zero-order chi connectivity index (χ0) is 16.1. The van der Waals surface area contributed by atoms with Crippen LogP contribution in [0.15, 0.2) is 24.3 Å². The third-order valence-electron chi connectivity index (χ3n) is 4.90. The van der Waals surface area contributed by atoms with Crippen molar-refractivity contribution < 1.29 is 14.6 Å². The average molecular weight is 318 g/mol. The minimum absolute atomic E-state index is 0.190. The van der Waals surface area contributed by atoms with Crippen LogP contribution in [0.5, 0.6) is 5.75 Å². The molecule has 0 spiro atoms. The molecule has 3 N–H and O–H groups in total. The molecule has 2 atom stereocenters. The number of carbonyl (C=O) groups excluding carboxylic acids is 1. The number of urea groups is 1. The normalized spacial score (nSPS) is 24.0. The van der Waals surface area contributed by atoms with Gasteiger partial charge in [-0.25, -0.2) is 4.79 Å². The van der Waals surface area contributed by atoms with Gasteiger partial charge in [0, 0.05) is 24.6 Å². The minimum atomic E-state index is -0.271. The first-order valence-corrected chi connectivity index (χ1v) is 8.66. The van der Waals surface area contributed by atoms with E-state index >= 15 is 0 Å². The van der Waals surface area contributed by atoms with Crippen LogP contribution in [0.4, 0.5) is 4.79 Å². The number of aliphatic hydroxyl groups excluding tert-OH is 1. The van der Waals surface area contributed by atoms with Crippen LogP contribution in [-0.4, -0.2) is 29.9 Å². The molecule has 3 rings (SSSR count). The first-order valence-electron chi connectivity index (χ1n) is 8.66. The lowest BCUT2D eigenvalue weighted by Crippen LogP contribution is -2.39. The molecule has 2 amide bonds. The van der Waals surface area contributed by atoms with Crippen molar-refractivity contribution in [2.24, 2.45) is 5.92 Å². The summed E-state index contributed by atoms with van der Waals surface area (Å²) in [4.78, 5) is 11.9. The van der Waals surface area contributed by atoms with Gasteiger partial charge in [0.05, 0.1) is 12.2 Å². The van der Waals surface area contributed by atoms with E-state index in [0.29, 0.717) is 19.2 Å². The highest BCUT2D eigenvalue weighted by atomic mass is 16.5. The van der Waals surface area contributed by atoms with Crippen molar-refractivity contribution in [2.75, 3.05) is 6.54 Å². The molecule has 126 valence electrons. The van der Waals surface area contributed by atoms with Gasteiger partial charge in [0.2, 0.25) is 0 Å². The molecule has 23 heavy (non-hydrogen) atoms. The molecule has 2 aliphatic rings. The van der Waals surface area contributed by atoms with Crippen LogP contribution >= 0.6 is 0 Å². The first kappa shape index (κ1) is 16.1. The van der Waals surface area contributed by atoms with E-state index in [-0.39, 0.29) is 18.1 Å². The molecule has 5 heteroatoms. The van der Waals surface area contributed by atoms with Crippen LogP contribution in [0, 0.1) is 5.92 Å². The zero-order valence-electron chi connectivity index (χ0n) is 13.5. The Labute approximate surface area is 137 Å². The number of para-hydroxylation sites is 1. The Kier molecular flexibility index (Phi) is 5.39. The topological polar surface area (TPSA) is 70.6 Å². The van der Waals surface area contributed by atoms with Gasteiger partial charge in [0.1, 0.15) is 5.75 Å². The predicted octanol–water partition coefficient (Wildman–Crippen LogP) is 2.58. The van der Waals surface area contributed by atoms with Gasteiger partial charge in [0.25, 0.3) is 0 Å². The number of aliphatic hydroxyl groups is 1. The maximum Gasteiger partial charge on any atom is 0.315 e. The first-order chi connectivity index (χ1) is 11.2. The SMILES string of the molecule is O=C(NCc1ccccc1OC1CCC1)NC[C@@H]1CCC[C@H]1O. The van der Waals surface area contributed by atoms with E-state index in [1.54, 1.807) is 0 Å². The number of ether oxygens (including phenoxy) is 1. The second kappa shape index (κ2) is 7.68. The standard InChI is InChI=1S/C18H26N2O3/c21-16-9-3-6-13(16)11-19-18(22)20-12-14-5-1-2-10-17(14)23-15-7-4-8-15/h1-2,5,10,13,15-16,21H,3-4,6-9,11-12H2,(H2,19,20,22)/t13-,16+/m0/s1. The zero-order valence-corrected chi connectivity index (χ0v) is 13.5. The third kappa shape index (κ3) is 4.38. The van der Waals surface area contributed by atoms with E-state index in [4.69, 9.17) is 4.74 Å². The number of amides is 2. The van der Waals surface area contributed by atoms with Crippen molar-refractivity contribution in [1.29, 1.82) is 0 Å². The van der Waals surface area contributed by atoms with Gasteiger partial charge in [-0.3, -0.25) is 0 Å². The summed E-state index contributed by atoms with van der Waals surface area (Å²) in [5.41, 5.74) is 0.996. The van der Waals surface area contributed by atoms with Crippen LogP contribution in [0.1, 0.15) is 44.1 Å². The fourth-order valence-electron chi connectivity index (χ4n) is 3.15. The van der Waals surface area contributed by atoms with Gasteiger partial charge in [0.15, 0.2) is 0 Å². The van der Waals surface area contributed by atoms with E-state index in [9.17, 15) is 9.90 Å². The molecule has 2 fully saturated rings. The van der Waals surface area contributed by atoms with E-state index in [1.807, 2.05) is 24.3 Å². The summed E-state index contributed by atoms with van der Waals surface area (Å²) in [7, 11) is 0. The van der Waals surface area contributed by atoms with Gasteiger partial charge in [-0.15, -0.1) is 0 Å². The molecule has 2 aliphatic carbocycles. The Balaban J connectivity index is 1.44. The number of carbonyl (C=O) groups is 1. The number of rotatable bonds is 6. The maximum atomic E-state index is 11.9. The molecule has 1 aromatic carbocycles. The fraction of sp³-hybridized carbons (Fsp3) is 0.611. The minimum Gasteiger partial charge on any atom is -0.490 e. The van der Waals surface area contributed by atoms with E-state index in [0.717, 1.165) is 43.4 Å². The summed E-state index contributed by atoms with van der Waals surface area (Å²) in [6, 6.07) is 7.66. The van der Waals surface area contributed by atoms with Crippen molar-refractivity contribution in [3.05, 3.63) is 29.8 Å². The van der Waals surface area contributed by atoms with E-state index in [2.05, 4.69) is 10.6 Å². The predicted molar refractivity (Wildman–Crippen MR) is 88.3 cm³/mol. The van der Waals surface area contributed by atoms with Crippen LogP contribution in [0.3, 0.4) is 0 Å². The lowest BCUT2D eigenvalue weighted by molar-refractivity contribution is 0.119. The molecule has 0 heterocycles. The Hall–Kier alpha value is -1.75. The molecule has 0 radical (unpaired) electrons. The summed E-state index contributed by atoms with van der Waals surface area (Å²) in [5.74, 6) is 1.05. The molecule has 5 nitrogen and oxygen atoms in total. The van der Waals surface area contributed by atoms with Crippen LogP contribution in [0.25, 0.3) is 0 Å². The molecule has 0 aliphatic heterocycles. The lowest BCUT2D eigenvalue weighted by Gasteiger charge is -2.27. The highest BCUT2D eigenvalue weighted by molar-refractivity contribution is 5.73. The number of hydrogen-bond donors (Lipinski definition) is 3. The van der Waals surface area contributed by atoms with Crippen molar-refractivity contribution in [1.82, 2.24) is 10.6 Å². The monoisotopic (exact) mass is 318 g/mol. The van der Waals surface area contributed by atoms with Gasteiger partial charge >= 0.3 is 6.03 Å². The van der Waals surface area contributed by atoms with Crippen LogP contribution in [-0.2, 0) is 6.54 Å². The van der Waals surface area contributed by atoms with E-state index in [1.165, 1.54) is 6.42 Å². The Bertz CT molecular complexity index is 531. The second-order valence-corrected chi connectivity index (χ2v) is 6.60. The van der Waals surface area contributed by atoms with Crippen LogP contribution < -0.4 is 15.4 Å². The van der Waals surface area contributed by atoms with E-state index < -0.39 is 0 Å². The van der Waals surface area contributed by atoms with Crippen molar-refractivity contribution in [3.63, 3.8) is 0 Å². The molecule has 1 aromatic rings. The van der Waals surface area contributed by atoms with Crippen molar-refractivity contribution >= 4 is 6.03 Å². The largest absolute Gasteiger partial charge is 0.490 e. The van der Waals surface area contributed by atoms with Gasteiger partial charge in [-0.1, -0.05) is 24.6 Å². The van der Waals surface area contributed by atoms with Crippen LogP contribution in [0.2, 0.25) is 0 Å². The number of nitrogens with one attached hydrogen (secondary N) is 2. The Morgan fingerprint density at radius 3 is 2.61 bits per heavy atom. The highest BCUT2D eigenvalue weighted by Crippen LogP contribution is 2.27. The molecular formula is C18H26N2O3. The van der Waals surface area contributed by atoms with Gasteiger partial charge in [-0.2, -0.15) is 0 Å². The average Bonchev–Trinajstić information content (AvgIpc) is 2.93. The molecular weight excluding hydrogens is 292 g/mol. The quantitative estimate of drug-likeness (QED) is 0.755. The smallest absolute Gasteiger partial charge is 0.315 e. The van der Waals surface area contributed by atoms with Crippen molar-refractivity contribution in [2.45, 2.75) is 57.3 Å². The highest BCUT2D eigenvalue weighted by Gasteiger charge is 2.25. The number of benzene rings is 1. The fourth-order valence-corrected chi connectivity index (χ4v) is 3.15. The lowest BCUT2D eigenvalue weighted by atomic mass is 9.96. The maximum absolute atomic E-state index is 11.9. The Morgan fingerprint density at radius 2 is 1.91 bits per heavy atom. The molecule has 0 bridgehead atoms. The molecule has 0 aromatic heterocycles. The number of hydrogen-bond acceptors (Lipinski definition) is 3. The van der Waals surface area contributed by atoms with Gasteiger partial charge in [-0.05, 0) is 38.2 Å². The Morgan fingerprint density at radius 1 is 1.13 bits per heavy atom. The third-order valence-corrected chi connectivity index (χ3v) is 4.90. The summed E-state index contributed by atoms with van der Waals surface area (Å²) < 4.78 is 5.96. The summed E-state index contributed by atoms with van der Waals surface area (Å²) in [6.45, 7) is 0.981. The summed E-state index contributed by atoms with van der Waals surface area (Å²) >= 11 is 0. The molecule has 0 saturated heterocycles. The second-order valence-electron chi connectivity index (χ2n) is 6.60. The van der Waals surface area contributed by atoms with Gasteiger partial charge < -0.3 is 20.5 Å².